The normalized spacial score (nSPS) is 16.0. The summed E-state index contributed by atoms with van der Waals surface area (Å²) in [5.74, 6) is -0.364. The Morgan fingerprint density at radius 3 is 2.42 bits per heavy atom. The topological polar surface area (TPSA) is 55.6 Å². The molecule has 0 saturated carbocycles. The second kappa shape index (κ2) is 5.95. The molecule has 104 valence electrons. The van der Waals surface area contributed by atoms with E-state index in [1.165, 1.54) is 32.8 Å². The third-order valence-corrected chi connectivity index (χ3v) is 3.75. The number of ether oxygens (including phenoxy) is 1. The molecule has 1 aromatic carbocycles. The van der Waals surface area contributed by atoms with Gasteiger partial charge in [0.25, 0.3) is 0 Å². The molecular weight excluding hydrogens is 240 g/mol. The summed E-state index contributed by atoms with van der Waals surface area (Å²) in [5.41, 5.74) is 8.97. The SMILES string of the molecule is COC(=O)c1cc(N2CCCCCC2)cc(C)c1N. The van der Waals surface area contributed by atoms with E-state index in [1.807, 2.05) is 13.0 Å². The number of nitrogens with zero attached hydrogens (tertiary/aromatic N) is 1. The molecule has 1 heterocycles. The number of methoxy groups -OCH3 is 1. The minimum absolute atomic E-state index is 0.364. The van der Waals surface area contributed by atoms with Crippen molar-refractivity contribution in [2.45, 2.75) is 32.6 Å². The lowest BCUT2D eigenvalue weighted by Crippen LogP contribution is -2.24. The monoisotopic (exact) mass is 262 g/mol. The average Bonchev–Trinajstić information content (AvgIpc) is 2.69. The molecule has 4 heteroatoms. The van der Waals surface area contributed by atoms with Gasteiger partial charge in [0.1, 0.15) is 0 Å². The highest BCUT2D eigenvalue weighted by Crippen LogP contribution is 2.27. The quantitative estimate of drug-likeness (QED) is 0.657. The molecule has 2 rings (SSSR count). The Morgan fingerprint density at radius 2 is 1.84 bits per heavy atom. The summed E-state index contributed by atoms with van der Waals surface area (Å²) in [7, 11) is 1.38. The molecule has 1 saturated heterocycles. The van der Waals surface area contributed by atoms with Crippen molar-refractivity contribution < 1.29 is 9.53 Å². The molecule has 0 radical (unpaired) electrons. The van der Waals surface area contributed by atoms with Crippen molar-refractivity contribution in [3.63, 3.8) is 0 Å². The summed E-state index contributed by atoms with van der Waals surface area (Å²) in [6.45, 7) is 4.02. The van der Waals surface area contributed by atoms with E-state index in [2.05, 4.69) is 11.0 Å². The van der Waals surface area contributed by atoms with Gasteiger partial charge in [-0.2, -0.15) is 0 Å². The molecule has 0 bridgehead atoms. The van der Waals surface area contributed by atoms with Crippen molar-refractivity contribution in [1.29, 1.82) is 0 Å². The van der Waals surface area contributed by atoms with Crippen LogP contribution in [0.15, 0.2) is 12.1 Å². The molecule has 0 spiro atoms. The molecule has 1 aliphatic heterocycles. The molecule has 0 aliphatic carbocycles. The number of hydrogen-bond donors (Lipinski definition) is 1. The summed E-state index contributed by atoms with van der Waals surface area (Å²) in [6.07, 6.45) is 4.98. The molecule has 0 amide bonds. The van der Waals surface area contributed by atoms with Crippen LogP contribution in [0.2, 0.25) is 0 Å². The van der Waals surface area contributed by atoms with Gasteiger partial charge in [0.15, 0.2) is 0 Å². The first kappa shape index (κ1) is 13.7. The number of benzene rings is 1. The molecule has 4 nitrogen and oxygen atoms in total. The first-order valence-corrected chi connectivity index (χ1v) is 6.87. The van der Waals surface area contributed by atoms with Crippen molar-refractivity contribution in [3.8, 4) is 0 Å². The highest BCUT2D eigenvalue weighted by molar-refractivity contribution is 5.97. The van der Waals surface area contributed by atoms with E-state index in [9.17, 15) is 4.79 Å². The number of rotatable bonds is 2. The Morgan fingerprint density at radius 1 is 1.21 bits per heavy atom. The van der Waals surface area contributed by atoms with Gasteiger partial charge in [-0.25, -0.2) is 4.79 Å². The smallest absolute Gasteiger partial charge is 0.340 e. The van der Waals surface area contributed by atoms with Crippen LogP contribution in [-0.4, -0.2) is 26.2 Å². The zero-order chi connectivity index (χ0) is 13.8. The minimum atomic E-state index is -0.364. The number of anilines is 2. The third kappa shape index (κ3) is 3.00. The Bertz CT molecular complexity index is 463. The zero-order valence-electron chi connectivity index (χ0n) is 11.7. The molecule has 0 atom stereocenters. The maximum absolute atomic E-state index is 11.8. The van der Waals surface area contributed by atoms with Crippen LogP contribution in [0.1, 0.15) is 41.6 Å². The van der Waals surface area contributed by atoms with Crippen molar-refractivity contribution in [2.24, 2.45) is 0 Å². The standard InChI is InChI=1S/C15H22N2O2/c1-11-9-12(17-7-5-3-4-6-8-17)10-13(14(11)16)15(18)19-2/h9-10H,3-8,16H2,1-2H3. The lowest BCUT2D eigenvalue weighted by Gasteiger charge is -2.24. The van der Waals surface area contributed by atoms with Crippen molar-refractivity contribution >= 4 is 17.3 Å². The highest BCUT2D eigenvalue weighted by Gasteiger charge is 2.17. The van der Waals surface area contributed by atoms with Crippen LogP contribution in [0.25, 0.3) is 0 Å². The largest absolute Gasteiger partial charge is 0.465 e. The fraction of sp³-hybridized carbons (Fsp3) is 0.533. The van der Waals surface area contributed by atoms with Crippen LogP contribution in [0.4, 0.5) is 11.4 Å². The molecular formula is C15H22N2O2. The first-order chi connectivity index (χ1) is 9.13. The van der Waals surface area contributed by atoms with E-state index in [1.54, 1.807) is 0 Å². The average molecular weight is 262 g/mol. The lowest BCUT2D eigenvalue weighted by molar-refractivity contribution is 0.0602. The summed E-state index contributed by atoms with van der Waals surface area (Å²) in [6, 6.07) is 3.92. The van der Waals surface area contributed by atoms with E-state index in [0.29, 0.717) is 11.3 Å². The van der Waals surface area contributed by atoms with E-state index in [0.717, 1.165) is 24.3 Å². The van der Waals surface area contributed by atoms with Crippen molar-refractivity contribution in [3.05, 3.63) is 23.3 Å². The van der Waals surface area contributed by atoms with Crippen LogP contribution in [0.3, 0.4) is 0 Å². The van der Waals surface area contributed by atoms with Crippen LogP contribution in [0.5, 0.6) is 0 Å². The number of nitrogen functional groups attached to an aromatic ring is 1. The van der Waals surface area contributed by atoms with Crippen LogP contribution in [0, 0.1) is 6.92 Å². The maximum Gasteiger partial charge on any atom is 0.340 e. The van der Waals surface area contributed by atoms with Gasteiger partial charge in [0.2, 0.25) is 0 Å². The molecule has 2 N–H and O–H groups in total. The summed E-state index contributed by atoms with van der Waals surface area (Å²) in [5, 5.41) is 0. The third-order valence-electron chi connectivity index (χ3n) is 3.75. The van der Waals surface area contributed by atoms with E-state index < -0.39 is 0 Å². The summed E-state index contributed by atoms with van der Waals surface area (Å²) >= 11 is 0. The van der Waals surface area contributed by atoms with E-state index in [4.69, 9.17) is 10.5 Å². The van der Waals surface area contributed by atoms with Crippen LogP contribution < -0.4 is 10.6 Å². The van der Waals surface area contributed by atoms with Gasteiger partial charge in [0.05, 0.1) is 12.7 Å². The Labute approximate surface area is 114 Å². The molecule has 1 aromatic rings. The Kier molecular flexibility index (Phi) is 4.30. The van der Waals surface area contributed by atoms with Gasteiger partial charge in [-0.05, 0) is 37.5 Å². The Hall–Kier alpha value is -1.71. The minimum Gasteiger partial charge on any atom is -0.465 e. The summed E-state index contributed by atoms with van der Waals surface area (Å²) < 4.78 is 4.80. The lowest BCUT2D eigenvalue weighted by atomic mass is 10.1. The van der Waals surface area contributed by atoms with Crippen LogP contribution in [-0.2, 0) is 4.74 Å². The molecule has 0 unspecified atom stereocenters. The van der Waals surface area contributed by atoms with Gasteiger partial charge in [-0.3, -0.25) is 0 Å². The molecule has 1 fully saturated rings. The number of aryl methyl sites for hydroxylation is 1. The number of carbonyl (C=O) groups excluding carboxylic acids is 1. The van der Waals surface area contributed by atoms with E-state index in [-0.39, 0.29) is 5.97 Å². The maximum atomic E-state index is 11.8. The van der Waals surface area contributed by atoms with Gasteiger partial charge in [-0.1, -0.05) is 12.8 Å². The predicted molar refractivity (Wildman–Crippen MR) is 77.6 cm³/mol. The van der Waals surface area contributed by atoms with Gasteiger partial charge >= 0.3 is 5.97 Å². The number of hydrogen-bond acceptors (Lipinski definition) is 4. The second-order valence-corrected chi connectivity index (χ2v) is 5.12. The van der Waals surface area contributed by atoms with Gasteiger partial charge in [0, 0.05) is 24.5 Å². The molecule has 19 heavy (non-hydrogen) atoms. The number of carbonyl (C=O) groups is 1. The van der Waals surface area contributed by atoms with Crippen LogP contribution >= 0.6 is 0 Å². The van der Waals surface area contributed by atoms with Crippen molar-refractivity contribution in [1.82, 2.24) is 0 Å². The van der Waals surface area contributed by atoms with Crippen molar-refractivity contribution in [2.75, 3.05) is 30.8 Å². The molecule has 1 aliphatic rings. The van der Waals surface area contributed by atoms with Gasteiger partial charge in [-0.15, -0.1) is 0 Å². The summed E-state index contributed by atoms with van der Waals surface area (Å²) in [4.78, 5) is 14.1. The highest BCUT2D eigenvalue weighted by atomic mass is 16.5. The second-order valence-electron chi connectivity index (χ2n) is 5.12. The van der Waals surface area contributed by atoms with E-state index >= 15 is 0 Å². The Balaban J connectivity index is 2.35. The predicted octanol–water partition coefficient (Wildman–Crippen LogP) is 2.74. The fourth-order valence-electron chi connectivity index (χ4n) is 2.57. The van der Waals surface area contributed by atoms with Gasteiger partial charge < -0.3 is 15.4 Å². The zero-order valence-corrected chi connectivity index (χ0v) is 11.7. The molecule has 0 aromatic heterocycles. The fourth-order valence-corrected chi connectivity index (χ4v) is 2.57. The number of nitrogens with two attached hydrogens (primary N) is 1. The number of esters is 1. The first-order valence-electron chi connectivity index (χ1n) is 6.87.